The number of aromatic nitrogens is 1. The quantitative estimate of drug-likeness (QED) is 0.642. The van der Waals surface area contributed by atoms with Gasteiger partial charge in [-0.1, -0.05) is 0 Å². The molecule has 0 bridgehead atoms. The molecular formula is C26H31N3O3. The highest BCUT2D eigenvalue weighted by molar-refractivity contribution is 5.83. The summed E-state index contributed by atoms with van der Waals surface area (Å²) < 4.78 is 13.2. The lowest BCUT2D eigenvalue weighted by Crippen LogP contribution is -2.44. The number of piperidine rings is 1. The van der Waals surface area contributed by atoms with Crippen LogP contribution in [0.5, 0.6) is 5.75 Å². The summed E-state index contributed by atoms with van der Waals surface area (Å²) >= 11 is 0. The molecule has 3 heterocycles. The van der Waals surface area contributed by atoms with Gasteiger partial charge in [-0.3, -0.25) is 9.36 Å². The molecule has 6 nitrogen and oxygen atoms in total. The van der Waals surface area contributed by atoms with Crippen molar-refractivity contribution in [1.29, 1.82) is 0 Å². The normalized spacial score (nSPS) is 21.2. The highest BCUT2D eigenvalue weighted by Crippen LogP contribution is 2.23. The van der Waals surface area contributed by atoms with Crippen LogP contribution in [0.25, 0.3) is 16.5 Å². The molecule has 2 aliphatic heterocycles. The second-order valence-electron chi connectivity index (χ2n) is 8.78. The van der Waals surface area contributed by atoms with Gasteiger partial charge in [0, 0.05) is 48.7 Å². The Balaban J connectivity index is 1.34. The number of benzene rings is 2. The molecule has 168 valence electrons. The van der Waals surface area contributed by atoms with Crippen LogP contribution >= 0.6 is 0 Å². The van der Waals surface area contributed by atoms with E-state index in [2.05, 4.69) is 22.3 Å². The van der Waals surface area contributed by atoms with Gasteiger partial charge in [0.25, 0.3) is 5.56 Å². The largest absolute Gasteiger partial charge is 0.491 e. The molecule has 0 radical (unpaired) electrons. The molecule has 0 saturated carbocycles. The van der Waals surface area contributed by atoms with Crippen molar-refractivity contribution in [2.45, 2.75) is 37.8 Å². The first-order valence-electron chi connectivity index (χ1n) is 11.6. The van der Waals surface area contributed by atoms with E-state index in [0.29, 0.717) is 18.0 Å². The van der Waals surface area contributed by atoms with Crippen molar-refractivity contribution in [2.75, 3.05) is 38.3 Å². The average molecular weight is 434 g/mol. The van der Waals surface area contributed by atoms with Gasteiger partial charge in [-0.15, -0.1) is 0 Å². The van der Waals surface area contributed by atoms with Gasteiger partial charge in [-0.05, 0) is 86.6 Å². The van der Waals surface area contributed by atoms with E-state index in [1.54, 1.807) is 4.57 Å². The molecule has 0 amide bonds. The molecule has 1 aromatic heterocycles. The minimum Gasteiger partial charge on any atom is -0.491 e. The molecule has 32 heavy (non-hydrogen) atoms. The number of likely N-dealkylation sites (N-methyl/N-ethyl adjacent to an activating group) is 1. The third-order valence-electron chi connectivity index (χ3n) is 6.66. The van der Waals surface area contributed by atoms with Crippen LogP contribution in [0.15, 0.2) is 59.5 Å². The summed E-state index contributed by atoms with van der Waals surface area (Å²) in [7, 11) is 2.03. The summed E-state index contributed by atoms with van der Waals surface area (Å²) in [6, 6.07) is 16.5. The van der Waals surface area contributed by atoms with Gasteiger partial charge in [-0.2, -0.15) is 0 Å². The lowest BCUT2D eigenvalue weighted by Gasteiger charge is -2.34. The monoisotopic (exact) mass is 433 g/mol. The summed E-state index contributed by atoms with van der Waals surface area (Å²) in [4.78, 5) is 15.6. The number of hydrogen-bond acceptors (Lipinski definition) is 5. The molecule has 1 N–H and O–H groups in total. The number of pyridine rings is 1. The zero-order valence-electron chi connectivity index (χ0n) is 18.6. The first kappa shape index (κ1) is 21.0. The van der Waals surface area contributed by atoms with Gasteiger partial charge in [0.15, 0.2) is 0 Å². The highest BCUT2D eigenvalue weighted by Gasteiger charge is 2.19. The zero-order valence-corrected chi connectivity index (χ0v) is 18.6. The molecule has 1 unspecified atom stereocenters. The maximum absolute atomic E-state index is 13.2. The highest BCUT2D eigenvalue weighted by atomic mass is 16.5. The van der Waals surface area contributed by atoms with Crippen LogP contribution < -0.4 is 20.5 Å². The van der Waals surface area contributed by atoms with Gasteiger partial charge >= 0.3 is 0 Å². The maximum Gasteiger partial charge on any atom is 0.262 e. The number of ether oxygens (including phenoxy) is 2. The Morgan fingerprint density at radius 1 is 1.06 bits per heavy atom. The molecule has 3 aromatic rings. The number of rotatable bonds is 6. The predicted octanol–water partition coefficient (Wildman–Crippen LogP) is 3.74. The lowest BCUT2D eigenvalue weighted by atomic mass is 10.1. The molecule has 2 aliphatic rings. The molecule has 0 spiro atoms. The molecule has 5 rings (SSSR count). The van der Waals surface area contributed by atoms with Crippen molar-refractivity contribution in [1.82, 2.24) is 9.88 Å². The number of hydrogen-bond donors (Lipinski definition) is 1. The fourth-order valence-corrected chi connectivity index (χ4v) is 4.76. The second-order valence-corrected chi connectivity index (χ2v) is 8.78. The van der Waals surface area contributed by atoms with E-state index in [4.69, 9.17) is 9.47 Å². The molecule has 2 saturated heterocycles. The average Bonchev–Trinajstić information content (AvgIpc) is 3.37. The first-order chi connectivity index (χ1) is 15.7. The van der Waals surface area contributed by atoms with Crippen molar-refractivity contribution in [2.24, 2.45) is 0 Å². The summed E-state index contributed by atoms with van der Waals surface area (Å²) in [5.41, 5.74) is 2.06. The fraction of sp³-hybridized carbons (Fsp3) is 0.423. The molecule has 2 aromatic carbocycles. The third-order valence-corrected chi connectivity index (χ3v) is 6.66. The Hall–Kier alpha value is -2.83. The van der Waals surface area contributed by atoms with Crippen molar-refractivity contribution in [3.05, 3.63) is 65.1 Å². The lowest BCUT2D eigenvalue weighted by molar-refractivity contribution is 0.0680. The predicted molar refractivity (Wildman–Crippen MR) is 128 cm³/mol. The smallest absolute Gasteiger partial charge is 0.262 e. The SMILES string of the molecule is CNC1CCCN(c2ccc(-n3ccc4cc(OC[C@@H]5CCCO5)ccc4c3=O)cc2)C1. The molecule has 2 atom stereocenters. The third kappa shape index (κ3) is 4.38. The zero-order chi connectivity index (χ0) is 21.9. The second kappa shape index (κ2) is 9.35. The number of nitrogens with one attached hydrogen (secondary N) is 1. The molecule has 0 aliphatic carbocycles. The number of anilines is 1. The summed E-state index contributed by atoms with van der Waals surface area (Å²) in [5.74, 6) is 0.774. The number of nitrogens with zero attached hydrogens (tertiary/aromatic N) is 2. The van der Waals surface area contributed by atoms with Gasteiger partial charge in [0.1, 0.15) is 12.4 Å². The van der Waals surface area contributed by atoms with Crippen LogP contribution in [0.4, 0.5) is 5.69 Å². The van der Waals surface area contributed by atoms with E-state index in [0.717, 1.165) is 49.4 Å². The van der Waals surface area contributed by atoms with Crippen molar-refractivity contribution < 1.29 is 9.47 Å². The van der Waals surface area contributed by atoms with Crippen LogP contribution in [0.2, 0.25) is 0 Å². The van der Waals surface area contributed by atoms with Crippen molar-refractivity contribution in [3.63, 3.8) is 0 Å². The molecule has 6 heteroatoms. The van der Waals surface area contributed by atoms with Crippen LogP contribution in [-0.4, -0.2) is 50.1 Å². The van der Waals surface area contributed by atoms with Gasteiger partial charge in [-0.25, -0.2) is 0 Å². The summed E-state index contributed by atoms with van der Waals surface area (Å²) in [6.45, 7) is 3.47. The van der Waals surface area contributed by atoms with E-state index in [9.17, 15) is 4.79 Å². The van der Waals surface area contributed by atoms with E-state index in [1.807, 2.05) is 49.6 Å². The maximum atomic E-state index is 13.2. The Labute approximate surface area is 188 Å². The van der Waals surface area contributed by atoms with Crippen molar-refractivity contribution in [3.8, 4) is 11.4 Å². The van der Waals surface area contributed by atoms with E-state index in [1.165, 1.54) is 18.5 Å². The first-order valence-corrected chi connectivity index (χ1v) is 11.6. The van der Waals surface area contributed by atoms with E-state index in [-0.39, 0.29) is 11.7 Å². The molecule has 2 fully saturated rings. The van der Waals surface area contributed by atoms with Crippen molar-refractivity contribution >= 4 is 16.5 Å². The Morgan fingerprint density at radius 2 is 1.91 bits per heavy atom. The summed E-state index contributed by atoms with van der Waals surface area (Å²) in [6.07, 6.45) is 6.58. The minimum atomic E-state index is -0.0193. The Morgan fingerprint density at radius 3 is 2.69 bits per heavy atom. The van der Waals surface area contributed by atoms with E-state index >= 15 is 0 Å². The summed E-state index contributed by atoms with van der Waals surface area (Å²) in [5, 5.41) is 4.97. The number of fused-ring (bicyclic) bond motifs is 1. The van der Waals surface area contributed by atoms with Gasteiger partial charge in [0.05, 0.1) is 6.10 Å². The fourth-order valence-electron chi connectivity index (χ4n) is 4.76. The standard InChI is InChI=1S/C26H31N3O3/c1-27-20-4-2-13-28(17-20)21-6-8-22(9-7-21)29-14-12-19-16-23(10-11-25(19)26(29)30)32-18-24-5-3-15-31-24/h6-12,14,16,20,24,27H,2-5,13,15,17-18H2,1H3/t20?,24-/m0/s1. The minimum absolute atomic E-state index is 0.0193. The van der Waals surface area contributed by atoms with Crippen LogP contribution in [0.1, 0.15) is 25.7 Å². The Bertz CT molecular complexity index is 1120. The van der Waals surface area contributed by atoms with Crippen LogP contribution in [-0.2, 0) is 4.74 Å². The van der Waals surface area contributed by atoms with Crippen LogP contribution in [0, 0.1) is 0 Å². The van der Waals surface area contributed by atoms with Gasteiger partial charge in [0.2, 0.25) is 0 Å². The van der Waals surface area contributed by atoms with Gasteiger partial charge < -0.3 is 19.7 Å². The van der Waals surface area contributed by atoms with Crippen LogP contribution in [0.3, 0.4) is 0 Å². The topological polar surface area (TPSA) is 55.7 Å². The Kier molecular flexibility index (Phi) is 6.14. The van der Waals surface area contributed by atoms with E-state index < -0.39 is 0 Å². The molecular weight excluding hydrogens is 402 g/mol.